The monoisotopic (exact) mass is 364 g/mol. The third-order valence-corrected chi connectivity index (χ3v) is 5.15. The average molecular weight is 364 g/mol. The Balaban J connectivity index is 1.43. The summed E-state index contributed by atoms with van der Waals surface area (Å²) in [5, 5.41) is 11.9. The van der Waals surface area contributed by atoms with Crippen LogP contribution in [0.2, 0.25) is 0 Å². The molecule has 4 rings (SSSR count). The first-order valence-electron chi connectivity index (χ1n) is 9.43. The molecule has 3 aromatic rings. The van der Waals surface area contributed by atoms with Crippen molar-refractivity contribution in [2.45, 2.75) is 52.1 Å². The molecule has 1 atom stereocenters. The molecule has 140 valence electrons. The lowest BCUT2D eigenvalue weighted by atomic mass is 10.1. The minimum atomic E-state index is -0.0588. The molecule has 6 heteroatoms. The van der Waals surface area contributed by atoms with Gasteiger partial charge in [-0.2, -0.15) is 0 Å². The van der Waals surface area contributed by atoms with Gasteiger partial charge in [0.15, 0.2) is 0 Å². The van der Waals surface area contributed by atoms with E-state index in [2.05, 4.69) is 32.2 Å². The summed E-state index contributed by atoms with van der Waals surface area (Å²) >= 11 is 0. The van der Waals surface area contributed by atoms with Crippen LogP contribution < -0.4 is 5.32 Å². The Hall–Kier alpha value is -2.89. The third-order valence-electron chi connectivity index (χ3n) is 5.15. The van der Waals surface area contributed by atoms with Crippen LogP contribution in [0.3, 0.4) is 0 Å². The summed E-state index contributed by atoms with van der Waals surface area (Å²) in [5.41, 5.74) is 1.86. The van der Waals surface area contributed by atoms with Gasteiger partial charge < -0.3 is 14.3 Å². The highest BCUT2D eigenvalue weighted by Gasteiger charge is 2.23. The van der Waals surface area contributed by atoms with Crippen molar-refractivity contribution in [2.75, 3.05) is 0 Å². The number of rotatable bonds is 4. The number of carbonyl (C=O) groups excluding carboxylic acids is 1. The number of hydrogen-bond acceptors (Lipinski definition) is 4. The Morgan fingerprint density at radius 1 is 1.22 bits per heavy atom. The lowest BCUT2D eigenvalue weighted by Crippen LogP contribution is -2.35. The maximum atomic E-state index is 12.6. The second kappa shape index (κ2) is 7.39. The molecule has 0 saturated heterocycles. The fourth-order valence-corrected chi connectivity index (χ4v) is 3.72. The summed E-state index contributed by atoms with van der Waals surface area (Å²) in [6.45, 7) is 4.50. The zero-order valence-electron chi connectivity index (χ0n) is 15.7. The van der Waals surface area contributed by atoms with Crippen molar-refractivity contribution in [1.29, 1.82) is 0 Å². The van der Waals surface area contributed by atoms with Crippen LogP contribution >= 0.6 is 0 Å². The fraction of sp³-hybridized carbons (Fsp3) is 0.381. The zero-order chi connectivity index (χ0) is 18.8. The van der Waals surface area contributed by atoms with Crippen molar-refractivity contribution >= 4 is 5.91 Å². The molecule has 3 heterocycles. The second-order valence-electron chi connectivity index (χ2n) is 7.17. The molecule has 1 aliphatic rings. The van der Waals surface area contributed by atoms with Crippen LogP contribution in [0.1, 0.15) is 51.9 Å². The number of aromatic nitrogens is 3. The Morgan fingerprint density at radius 2 is 2.04 bits per heavy atom. The van der Waals surface area contributed by atoms with Crippen LogP contribution in [-0.4, -0.2) is 26.7 Å². The molecule has 2 aromatic heterocycles. The van der Waals surface area contributed by atoms with Gasteiger partial charge in [-0.1, -0.05) is 30.3 Å². The molecule has 0 saturated carbocycles. The predicted octanol–water partition coefficient (Wildman–Crippen LogP) is 3.21. The van der Waals surface area contributed by atoms with Crippen LogP contribution in [0.5, 0.6) is 0 Å². The third kappa shape index (κ3) is 3.79. The highest BCUT2D eigenvalue weighted by molar-refractivity contribution is 5.95. The minimum Gasteiger partial charge on any atom is -0.466 e. The highest BCUT2D eigenvalue weighted by atomic mass is 16.3. The Labute approximate surface area is 158 Å². The Kier molecular flexibility index (Phi) is 4.79. The predicted molar refractivity (Wildman–Crippen MR) is 102 cm³/mol. The summed E-state index contributed by atoms with van der Waals surface area (Å²) in [6, 6.07) is 12.2. The van der Waals surface area contributed by atoms with Crippen LogP contribution in [0.4, 0.5) is 0 Å². The van der Waals surface area contributed by atoms with Gasteiger partial charge in [0.05, 0.1) is 5.56 Å². The molecule has 0 radical (unpaired) electrons. The van der Waals surface area contributed by atoms with Crippen molar-refractivity contribution in [2.24, 2.45) is 0 Å². The van der Waals surface area contributed by atoms with E-state index in [9.17, 15) is 4.79 Å². The van der Waals surface area contributed by atoms with Crippen molar-refractivity contribution in [3.63, 3.8) is 0 Å². The van der Waals surface area contributed by atoms with E-state index in [0.717, 1.165) is 49.6 Å². The Morgan fingerprint density at radius 3 is 2.78 bits per heavy atom. The molecule has 1 aliphatic heterocycles. The van der Waals surface area contributed by atoms with Gasteiger partial charge in [0.2, 0.25) is 0 Å². The molecule has 1 aromatic carbocycles. The van der Waals surface area contributed by atoms with Crippen molar-refractivity contribution in [3.05, 3.63) is 70.7 Å². The molecule has 1 unspecified atom stereocenters. The molecule has 0 bridgehead atoms. The van der Waals surface area contributed by atoms with Gasteiger partial charge in [-0.05, 0) is 38.3 Å². The number of fused-ring (bicyclic) bond motifs is 1. The lowest BCUT2D eigenvalue weighted by Gasteiger charge is -2.16. The number of nitrogens with zero attached hydrogens (tertiary/aromatic N) is 3. The molecule has 1 N–H and O–H groups in total. The lowest BCUT2D eigenvalue weighted by molar-refractivity contribution is 0.0931. The number of carbonyl (C=O) groups is 1. The number of hydrogen-bond donors (Lipinski definition) is 1. The van der Waals surface area contributed by atoms with E-state index in [0.29, 0.717) is 11.3 Å². The van der Waals surface area contributed by atoms with Crippen LogP contribution in [0.15, 0.2) is 40.8 Å². The van der Waals surface area contributed by atoms with E-state index >= 15 is 0 Å². The minimum absolute atomic E-state index is 0.0588. The van der Waals surface area contributed by atoms with Crippen molar-refractivity contribution in [3.8, 4) is 0 Å². The Bertz CT molecular complexity index is 943. The molecular weight excluding hydrogens is 340 g/mol. The maximum Gasteiger partial charge on any atom is 0.255 e. The SMILES string of the molecule is Cc1cc(C(=O)NC2CCc3nnc(Cc4ccccc4)n3CC2)c(C)o1. The van der Waals surface area contributed by atoms with E-state index in [1.54, 1.807) is 6.07 Å². The number of amides is 1. The number of furan rings is 1. The molecule has 6 nitrogen and oxygen atoms in total. The van der Waals surface area contributed by atoms with E-state index < -0.39 is 0 Å². The first-order valence-corrected chi connectivity index (χ1v) is 9.43. The summed E-state index contributed by atoms with van der Waals surface area (Å²) in [7, 11) is 0. The van der Waals surface area contributed by atoms with E-state index in [1.807, 2.05) is 32.0 Å². The van der Waals surface area contributed by atoms with Crippen LogP contribution in [0.25, 0.3) is 0 Å². The molecular formula is C21H24N4O2. The summed E-state index contributed by atoms with van der Waals surface area (Å²) < 4.78 is 7.69. The van der Waals surface area contributed by atoms with Gasteiger partial charge in [-0.15, -0.1) is 10.2 Å². The van der Waals surface area contributed by atoms with Crippen molar-refractivity contribution in [1.82, 2.24) is 20.1 Å². The smallest absolute Gasteiger partial charge is 0.255 e. The van der Waals surface area contributed by atoms with Gasteiger partial charge in [0, 0.05) is 25.4 Å². The van der Waals surface area contributed by atoms with E-state index in [-0.39, 0.29) is 11.9 Å². The van der Waals surface area contributed by atoms with E-state index in [1.165, 1.54) is 5.56 Å². The number of benzene rings is 1. The van der Waals surface area contributed by atoms with E-state index in [4.69, 9.17) is 4.42 Å². The molecule has 0 aliphatic carbocycles. The topological polar surface area (TPSA) is 73.0 Å². The molecule has 0 fully saturated rings. The quantitative estimate of drug-likeness (QED) is 0.771. The number of nitrogens with one attached hydrogen (secondary N) is 1. The molecule has 1 amide bonds. The summed E-state index contributed by atoms with van der Waals surface area (Å²) in [5.74, 6) is 3.37. The average Bonchev–Trinajstić information content (AvgIpc) is 3.13. The largest absolute Gasteiger partial charge is 0.466 e. The van der Waals surface area contributed by atoms with Gasteiger partial charge in [-0.3, -0.25) is 4.79 Å². The van der Waals surface area contributed by atoms with Gasteiger partial charge in [-0.25, -0.2) is 0 Å². The molecule has 0 spiro atoms. The van der Waals surface area contributed by atoms with Gasteiger partial charge >= 0.3 is 0 Å². The standard InChI is InChI=1S/C21H24N4O2/c1-14-12-18(15(2)27-14)21(26)22-17-8-9-19-23-24-20(25(19)11-10-17)13-16-6-4-3-5-7-16/h3-7,12,17H,8-11,13H2,1-2H3,(H,22,26). The molecule has 27 heavy (non-hydrogen) atoms. The van der Waals surface area contributed by atoms with Crippen LogP contribution in [-0.2, 0) is 19.4 Å². The summed E-state index contributed by atoms with van der Waals surface area (Å²) in [4.78, 5) is 12.6. The second-order valence-corrected chi connectivity index (χ2v) is 7.17. The summed E-state index contributed by atoms with van der Waals surface area (Å²) in [6.07, 6.45) is 3.33. The fourth-order valence-electron chi connectivity index (χ4n) is 3.72. The van der Waals surface area contributed by atoms with Gasteiger partial charge in [0.1, 0.15) is 23.2 Å². The highest BCUT2D eigenvalue weighted by Crippen LogP contribution is 2.19. The van der Waals surface area contributed by atoms with Gasteiger partial charge in [0.25, 0.3) is 5.91 Å². The first-order chi connectivity index (χ1) is 13.1. The maximum absolute atomic E-state index is 12.6. The zero-order valence-corrected chi connectivity index (χ0v) is 15.7. The normalized spacial score (nSPS) is 16.6. The first kappa shape index (κ1) is 17.5. The van der Waals surface area contributed by atoms with Crippen molar-refractivity contribution < 1.29 is 9.21 Å². The van der Waals surface area contributed by atoms with Crippen LogP contribution in [0, 0.1) is 13.8 Å². The number of aryl methyl sites for hydroxylation is 3.